The van der Waals surface area contributed by atoms with Gasteiger partial charge in [0.2, 0.25) is 0 Å². The van der Waals surface area contributed by atoms with Gasteiger partial charge in [-0.25, -0.2) is 0 Å². The molecule has 0 aliphatic heterocycles. The number of hydrogen-bond acceptors (Lipinski definition) is 3. The summed E-state index contributed by atoms with van der Waals surface area (Å²) in [4.78, 5) is 13.0. The predicted molar refractivity (Wildman–Crippen MR) is 69.7 cm³/mol. The van der Waals surface area contributed by atoms with E-state index >= 15 is 0 Å². The van der Waals surface area contributed by atoms with Crippen molar-refractivity contribution in [2.75, 3.05) is 0 Å². The molecule has 0 bridgehead atoms. The van der Waals surface area contributed by atoms with Gasteiger partial charge in [0.15, 0.2) is 5.78 Å². The van der Waals surface area contributed by atoms with E-state index in [2.05, 4.69) is 5.10 Å². The van der Waals surface area contributed by atoms with E-state index in [9.17, 15) is 4.79 Å². The fourth-order valence-corrected chi connectivity index (χ4v) is 2.78. The van der Waals surface area contributed by atoms with Crippen molar-refractivity contribution in [3.05, 3.63) is 39.3 Å². The topological polar surface area (TPSA) is 34.9 Å². The third-order valence-electron chi connectivity index (χ3n) is 2.74. The highest BCUT2D eigenvalue weighted by atomic mass is 32.1. The summed E-state index contributed by atoms with van der Waals surface area (Å²) in [6.45, 7) is 6.78. The molecule has 2 rings (SSSR count). The summed E-state index contributed by atoms with van der Waals surface area (Å²) in [5.74, 6) is 0.187. The van der Waals surface area contributed by atoms with Gasteiger partial charge in [0.25, 0.3) is 0 Å². The van der Waals surface area contributed by atoms with Crippen molar-refractivity contribution in [2.24, 2.45) is 0 Å². The van der Waals surface area contributed by atoms with Crippen LogP contribution in [0.15, 0.2) is 17.5 Å². The lowest BCUT2D eigenvalue weighted by Crippen LogP contribution is -2.09. The molecule has 0 saturated carbocycles. The summed E-state index contributed by atoms with van der Waals surface area (Å²) >= 11 is 1.52. The van der Waals surface area contributed by atoms with Gasteiger partial charge in [-0.3, -0.25) is 9.48 Å². The van der Waals surface area contributed by atoms with Crippen LogP contribution in [-0.4, -0.2) is 15.6 Å². The smallest absolute Gasteiger partial charge is 0.178 e. The molecule has 0 aliphatic rings. The van der Waals surface area contributed by atoms with E-state index in [-0.39, 0.29) is 5.78 Å². The lowest BCUT2D eigenvalue weighted by atomic mass is 10.1. The predicted octanol–water partition coefficient (Wildman–Crippen LogP) is 3.01. The molecule has 4 heteroatoms. The van der Waals surface area contributed by atoms with Gasteiger partial charge in [-0.2, -0.15) is 5.10 Å². The Bertz CT molecular complexity index is 539. The number of aromatic nitrogens is 2. The number of thiophene rings is 1. The first-order chi connectivity index (χ1) is 8.11. The Morgan fingerprint density at radius 3 is 2.82 bits per heavy atom. The summed E-state index contributed by atoms with van der Waals surface area (Å²) < 4.78 is 1.90. The molecule has 0 saturated heterocycles. The van der Waals surface area contributed by atoms with Crippen LogP contribution in [-0.2, 0) is 13.0 Å². The summed E-state index contributed by atoms with van der Waals surface area (Å²) in [5.41, 5.74) is 3.04. The highest BCUT2D eigenvalue weighted by Gasteiger charge is 2.14. The highest BCUT2D eigenvalue weighted by Crippen LogP contribution is 2.18. The van der Waals surface area contributed by atoms with E-state index in [1.807, 2.05) is 43.0 Å². The minimum absolute atomic E-state index is 0.187. The molecule has 2 aromatic rings. The largest absolute Gasteiger partial charge is 0.293 e. The molecule has 0 N–H and O–H groups in total. The van der Waals surface area contributed by atoms with Crippen LogP contribution in [0, 0.1) is 13.8 Å². The molecule has 2 aromatic heterocycles. The number of carbonyl (C=O) groups is 1. The van der Waals surface area contributed by atoms with Crippen molar-refractivity contribution < 1.29 is 4.79 Å². The van der Waals surface area contributed by atoms with Crippen LogP contribution < -0.4 is 0 Å². The van der Waals surface area contributed by atoms with Gasteiger partial charge in [0, 0.05) is 12.2 Å². The number of carbonyl (C=O) groups excluding carboxylic acids is 1. The third kappa shape index (κ3) is 2.47. The first-order valence-corrected chi connectivity index (χ1v) is 6.60. The molecule has 0 aliphatic carbocycles. The van der Waals surface area contributed by atoms with Gasteiger partial charge in [-0.1, -0.05) is 0 Å². The third-order valence-corrected chi connectivity index (χ3v) is 3.80. The zero-order chi connectivity index (χ0) is 12.4. The molecule has 2 heterocycles. The Kier molecular flexibility index (Phi) is 3.43. The quantitative estimate of drug-likeness (QED) is 0.780. The summed E-state index contributed by atoms with van der Waals surface area (Å²) in [7, 11) is 0. The molecular formula is C13H16N2OS. The standard InChI is InChI=1S/C13H16N2OS/c1-4-15-11(7-10(3)14-15)8-12(16)13-9(2)5-6-17-13/h5-7H,4,8H2,1-3H3. The van der Waals surface area contributed by atoms with E-state index in [0.29, 0.717) is 6.42 Å². The fourth-order valence-electron chi connectivity index (χ4n) is 1.92. The molecule has 0 atom stereocenters. The van der Waals surface area contributed by atoms with Crippen LogP contribution in [0.25, 0.3) is 0 Å². The van der Waals surface area contributed by atoms with Crippen LogP contribution >= 0.6 is 11.3 Å². The molecule has 0 fully saturated rings. The zero-order valence-corrected chi connectivity index (χ0v) is 11.2. The van der Waals surface area contributed by atoms with Gasteiger partial charge < -0.3 is 0 Å². The fraction of sp³-hybridized carbons (Fsp3) is 0.385. The lowest BCUT2D eigenvalue weighted by Gasteiger charge is -2.03. The average Bonchev–Trinajstić information content (AvgIpc) is 2.84. The molecule has 0 aromatic carbocycles. The van der Waals surface area contributed by atoms with Crippen molar-refractivity contribution in [1.29, 1.82) is 0 Å². The maximum Gasteiger partial charge on any atom is 0.178 e. The minimum Gasteiger partial charge on any atom is -0.293 e. The second kappa shape index (κ2) is 4.84. The molecule has 3 nitrogen and oxygen atoms in total. The maximum atomic E-state index is 12.1. The van der Waals surface area contributed by atoms with E-state index in [0.717, 1.165) is 28.4 Å². The Labute approximate surface area is 105 Å². The summed E-state index contributed by atoms with van der Waals surface area (Å²) in [6.07, 6.45) is 0.441. The minimum atomic E-state index is 0.187. The number of ketones is 1. The number of aryl methyl sites for hydroxylation is 3. The molecular weight excluding hydrogens is 232 g/mol. The molecule has 0 spiro atoms. The molecule has 0 unspecified atom stereocenters. The second-order valence-corrected chi connectivity index (χ2v) is 5.04. The van der Waals surface area contributed by atoms with Crippen molar-refractivity contribution in [2.45, 2.75) is 33.7 Å². The van der Waals surface area contributed by atoms with Crippen molar-refractivity contribution >= 4 is 17.1 Å². The van der Waals surface area contributed by atoms with Gasteiger partial charge in [0.05, 0.1) is 17.0 Å². The zero-order valence-electron chi connectivity index (χ0n) is 10.4. The van der Waals surface area contributed by atoms with Crippen LogP contribution in [0.3, 0.4) is 0 Å². The number of rotatable bonds is 4. The van der Waals surface area contributed by atoms with Gasteiger partial charge >= 0.3 is 0 Å². The van der Waals surface area contributed by atoms with E-state index in [1.54, 1.807) is 0 Å². The first-order valence-electron chi connectivity index (χ1n) is 5.72. The second-order valence-electron chi connectivity index (χ2n) is 4.13. The van der Waals surface area contributed by atoms with Crippen molar-refractivity contribution in [3.8, 4) is 0 Å². The molecule has 0 radical (unpaired) electrons. The molecule has 17 heavy (non-hydrogen) atoms. The van der Waals surface area contributed by atoms with Crippen LogP contribution in [0.2, 0.25) is 0 Å². The maximum absolute atomic E-state index is 12.1. The lowest BCUT2D eigenvalue weighted by molar-refractivity contribution is 0.0994. The monoisotopic (exact) mass is 248 g/mol. The van der Waals surface area contributed by atoms with Crippen LogP contribution in [0.4, 0.5) is 0 Å². The van der Waals surface area contributed by atoms with Crippen LogP contribution in [0.1, 0.15) is 33.5 Å². The Balaban J connectivity index is 2.21. The summed E-state index contributed by atoms with van der Waals surface area (Å²) in [5, 5.41) is 6.32. The van der Waals surface area contributed by atoms with Crippen molar-refractivity contribution in [3.63, 3.8) is 0 Å². The molecule has 0 amide bonds. The van der Waals surface area contributed by atoms with E-state index in [4.69, 9.17) is 0 Å². The highest BCUT2D eigenvalue weighted by molar-refractivity contribution is 7.12. The normalized spacial score (nSPS) is 10.8. The number of hydrogen-bond donors (Lipinski definition) is 0. The van der Waals surface area contributed by atoms with Gasteiger partial charge in [0.1, 0.15) is 0 Å². The first kappa shape index (κ1) is 12.0. The molecule has 90 valence electrons. The summed E-state index contributed by atoms with van der Waals surface area (Å²) in [6, 6.07) is 3.98. The van der Waals surface area contributed by atoms with Gasteiger partial charge in [-0.05, 0) is 43.8 Å². The Hall–Kier alpha value is -1.42. The Morgan fingerprint density at radius 2 is 2.24 bits per heavy atom. The Morgan fingerprint density at radius 1 is 1.47 bits per heavy atom. The van der Waals surface area contributed by atoms with E-state index < -0.39 is 0 Å². The average molecular weight is 248 g/mol. The number of nitrogens with zero attached hydrogens (tertiary/aromatic N) is 2. The van der Waals surface area contributed by atoms with E-state index in [1.165, 1.54) is 11.3 Å². The van der Waals surface area contributed by atoms with Crippen molar-refractivity contribution in [1.82, 2.24) is 9.78 Å². The SMILES string of the molecule is CCn1nc(C)cc1CC(=O)c1sccc1C. The number of Topliss-reactive ketones (excluding diaryl/α,β-unsaturated/α-hetero) is 1. The van der Waals surface area contributed by atoms with Gasteiger partial charge in [-0.15, -0.1) is 11.3 Å². The van der Waals surface area contributed by atoms with Crippen LogP contribution in [0.5, 0.6) is 0 Å².